The molecule has 1 nitrogen and oxygen atoms in total. The summed E-state index contributed by atoms with van der Waals surface area (Å²) in [5.41, 5.74) is 0. The van der Waals surface area contributed by atoms with Crippen LogP contribution in [0.1, 0.15) is 0 Å². The number of hydrogen-bond acceptors (Lipinski definition) is 1. The Hall–Kier alpha value is 0.177. The molecule has 2 heteroatoms. The molecule has 44 valence electrons. The van der Waals surface area contributed by atoms with E-state index in [-0.39, 0.29) is 0 Å². The van der Waals surface area contributed by atoms with Gasteiger partial charge in [0.15, 0.2) is 0 Å². The Kier molecular flexibility index (Phi) is 2.54. The first-order valence-electron chi connectivity index (χ1n) is 2.55. The molecule has 0 fully saturated rings. The van der Waals surface area contributed by atoms with Crippen molar-refractivity contribution in [2.24, 2.45) is 0 Å². The Morgan fingerprint density at radius 2 is 1.71 bits per heavy atom. The van der Waals surface area contributed by atoms with Gasteiger partial charge in [-0.3, -0.25) is 0 Å². The van der Waals surface area contributed by atoms with Crippen LogP contribution in [0.2, 0.25) is 19.6 Å². The lowest BCUT2D eigenvalue weighted by atomic mass is 11.5. The lowest BCUT2D eigenvalue weighted by Gasteiger charge is -2.12. The lowest BCUT2D eigenvalue weighted by Crippen LogP contribution is -2.26. The van der Waals surface area contributed by atoms with Crippen molar-refractivity contribution in [3.63, 3.8) is 0 Å². The van der Waals surface area contributed by atoms with E-state index in [9.17, 15) is 0 Å². The minimum Gasteiger partial charge on any atom is -0.388 e. The van der Waals surface area contributed by atoms with Crippen molar-refractivity contribution in [2.45, 2.75) is 19.6 Å². The first kappa shape index (κ1) is 7.18. The van der Waals surface area contributed by atoms with Crippen LogP contribution in [0.5, 0.6) is 0 Å². The van der Waals surface area contributed by atoms with Gasteiger partial charge in [-0.15, -0.1) is 0 Å². The molecule has 0 N–H and O–H groups in total. The fourth-order valence-corrected chi connectivity index (χ4v) is 1.30. The van der Waals surface area contributed by atoms with Crippen molar-refractivity contribution in [1.29, 1.82) is 0 Å². The first-order valence-corrected chi connectivity index (χ1v) is 6.26. The molecule has 0 amide bonds. The molecule has 0 atom stereocenters. The van der Waals surface area contributed by atoms with E-state index in [4.69, 9.17) is 4.74 Å². The van der Waals surface area contributed by atoms with Crippen LogP contribution in [0, 0.1) is 0 Å². The van der Waals surface area contributed by atoms with Gasteiger partial charge in [0.05, 0.1) is 8.07 Å². The highest BCUT2D eigenvalue weighted by Crippen LogP contribution is 1.98. The summed E-state index contributed by atoms with van der Waals surface area (Å²) in [6.45, 7) is 6.86. The SMILES string of the molecule is COC[Si](C)(C)C. The molecule has 0 aliphatic carbocycles. The predicted molar refractivity (Wildman–Crippen MR) is 35.2 cm³/mol. The third-order valence-corrected chi connectivity index (χ3v) is 1.73. The summed E-state index contributed by atoms with van der Waals surface area (Å²) in [4.78, 5) is 0. The Morgan fingerprint density at radius 3 is 1.71 bits per heavy atom. The average Bonchev–Trinajstić information content (AvgIpc) is 1.30. The molecule has 0 bridgehead atoms. The Bertz CT molecular complexity index is 46.5. The minimum atomic E-state index is -0.879. The molecule has 0 rings (SSSR count). The van der Waals surface area contributed by atoms with Gasteiger partial charge in [-0.2, -0.15) is 0 Å². The molecule has 0 aromatic carbocycles. The van der Waals surface area contributed by atoms with Gasteiger partial charge < -0.3 is 4.74 Å². The lowest BCUT2D eigenvalue weighted by molar-refractivity contribution is 0.247. The second kappa shape index (κ2) is 2.48. The standard InChI is InChI=1S/C5H14OSi/c1-6-5-7(2,3)4/h5H2,1-4H3. The third-order valence-electron chi connectivity index (χ3n) is 0.577. The Labute approximate surface area is 46.7 Å². The number of ether oxygens (including phenoxy) is 1. The monoisotopic (exact) mass is 118 g/mol. The molecule has 0 aliphatic rings. The molecule has 0 saturated heterocycles. The van der Waals surface area contributed by atoms with Crippen molar-refractivity contribution in [2.75, 3.05) is 13.3 Å². The van der Waals surface area contributed by atoms with E-state index in [0.717, 1.165) is 6.23 Å². The Morgan fingerprint density at radius 1 is 1.29 bits per heavy atom. The highest BCUT2D eigenvalue weighted by molar-refractivity contribution is 6.76. The van der Waals surface area contributed by atoms with Gasteiger partial charge in [0, 0.05) is 13.3 Å². The molecular formula is C5H14OSi. The van der Waals surface area contributed by atoms with Gasteiger partial charge in [-0.25, -0.2) is 0 Å². The van der Waals surface area contributed by atoms with Crippen molar-refractivity contribution < 1.29 is 4.74 Å². The molecular weight excluding hydrogens is 104 g/mol. The number of hydrogen-bond donors (Lipinski definition) is 0. The first-order chi connectivity index (χ1) is 3.06. The van der Waals surface area contributed by atoms with E-state index in [0.29, 0.717) is 0 Å². The van der Waals surface area contributed by atoms with Crippen molar-refractivity contribution in [3.05, 3.63) is 0 Å². The molecule has 0 aliphatic heterocycles. The van der Waals surface area contributed by atoms with Gasteiger partial charge in [0.25, 0.3) is 0 Å². The van der Waals surface area contributed by atoms with E-state index in [1.165, 1.54) is 0 Å². The molecule has 0 spiro atoms. The van der Waals surface area contributed by atoms with E-state index in [1.807, 2.05) is 0 Å². The summed E-state index contributed by atoms with van der Waals surface area (Å²) >= 11 is 0. The number of rotatable bonds is 2. The van der Waals surface area contributed by atoms with E-state index in [2.05, 4.69) is 19.6 Å². The average molecular weight is 118 g/mol. The zero-order chi connectivity index (χ0) is 5.91. The molecule has 7 heavy (non-hydrogen) atoms. The summed E-state index contributed by atoms with van der Waals surface area (Å²) < 4.78 is 4.97. The van der Waals surface area contributed by atoms with E-state index in [1.54, 1.807) is 7.11 Å². The van der Waals surface area contributed by atoms with Crippen LogP contribution >= 0.6 is 0 Å². The van der Waals surface area contributed by atoms with Crippen LogP contribution in [0.3, 0.4) is 0 Å². The van der Waals surface area contributed by atoms with E-state index < -0.39 is 8.07 Å². The summed E-state index contributed by atoms with van der Waals surface area (Å²) in [6, 6.07) is 0. The second-order valence-corrected chi connectivity index (χ2v) is 8.40. The maximum atomic E-state index is 4.97. The zero-order valence-corrected chi connectivity index (χ0v) is 6.62. The molecule has 0 radical (unpaired) electrons. The van der Waals surface area contributed by atoms with Gasteiger partial charge in [-0.1, -0.05) is 19.6 Å². The van der Waals surface area contributed by atoms with Crippen LogP contribution in [0.4, 0.5) is 0 Å². The van der Waals surface area contributed by atoms with Crippen molar-refractivity contribution in [3.8, 4) is 0 Å². The van der Waals surface area contributed by atoms with Gasteiger partial charge in [0.2, 0.25) is 0 Å². The normalized spacial score (nSPS) is 12.0. The molecule has 0 heterocycles. The third kappa shape index (κ3) is 6.18. The largest absolute Gasteiger partial charge is 0.388 e. The van der Waals surface area contributed by atoms with Gasteiger partial charge >= 0.3 is 0 Å². The van der Waals surface area contributed by atoms with Crippen LogP contribution in [0.15, 0.2) is 0 Å². The maximum Gasteiger partial charge on any atom is 0.0745 e. The quantitative estimate of drug-likeness (QED) is 0.499. The summed E-state index contributed by atoms with van der Waals surface area (Å²) in [7, 11) is 0.883. The van der Waals surface area contributed by atoms with Gasteiger partial charge in [0.1, 0.15) is 0 Å². The highest BCUT2D eigenvalue weighted by atomic mass is 28.3. The summed E-state index contributed by atoms with van der Waals surface area (Å²) in [5, 5.41) is 0. The highest BCUT2D eigenvalue weighted by Gasteiger charge is 2.10. The van der Waals surface area contributed by atoms with Crippen LogP contribution in [0.25, 0.3) is 0 Å². The van der Waals surface area contributed by atoms with Crippen molar-refractivity contribution in [1.82, 2.24) is 0 Å². The predicted octanol–water partition coefficient (Wildman–Crippen LogP) is 1.51. The smallest absolute Gasteiger partial charge is 0.0745 e. The second-order valence-electron chi connectivity index (χ2n) is 2.99. The Balaban J connectivity index is 3.15. The van der Waals surface area contributed by atoms with Crippen LogP contribution in [-0.4, -0.2) is 21.4 Å². The topological polar surface area (TPSA) is 9.23 Å². The zero-order valence-electron chi connectivity index (χ0n) is 5.62. The minimum absolute atomic E-state index is 0.879. The van der Waals surface area contributed by atoms with E-state index >= 15 is 0 Å². The molecule has 0 aromatic rings. The fourth-order valence-electron chi connectivity index (χ4n) is 0.433. The van der Waals surface area contributed by atoms with Crippen LogP contribution < -0.4 is 0 Å². The molecule has 0 aromatic heterocycles. The van der Waals surface area contributed by atoms with Crippen molar-refractivity contribution >= 4 is 8.07 Å². The summed E-state index contributed by atoms with van der Waals surface area (Å²) in [6.07, 6.45) is 0.979. The molecule has 0 saturated carbocycles. The number of methoxy groups -OCH3 is 1. The van der Waals surface area contributed by atoms with Crippen LogP contribution in [-0.2, 0) is 4.74 Å². The fraction of sp³-hybridized carbons (Fsp3) is 1.00. The maximum absolute atomic E-state index is 4.97. The molecule has 0 unspecified atom stereocenters. The van der Waals surface area contributed by atoms with Gasteiger partial charge in [-0.05, 0) is 0 Å². The summed E-state index contributed by atoms with van der Waals surface area (Å²) in [5.74, 6) is 0.